The highest BCUT2D eigenvalue weighted by atomic mass is 32.2. The maximum Gasteiger partial charge on any atom is 0.213 e. The van der Waals surface area contributed by atoms with Gasteiger partial charge in [-0.05, 0) is 17.7 Å². The summed E-state index contributed by atoms with van der Waals surface area (Å²) in [7, 11) is -4.03. The van der Waals surface area contributed by atoms with Crippen molar-refractivity contribution in [3.63, 3.8) is 0 Å². The Hall–Kier alpha value is -4.68. The van der Waals surface area contributed by atoms with Crippen molar-refractivity contribution in [3.8, 4) is 39.3 Å². The zero-order chi connectivity index (χ0) is 25.2. The second-order valence-electron chi connectivity index (χ2n) is 8.61. The van der Waals surface area contributed by atoms with Crippen LogP contribution in [0.2, 0.25) is 0 Å². The number of aromatic amines is 1. The van der Waals surface area contributed by atoms with Crippen LogP contribution < -0.4 is 0 Å². The first kappa shape index (κ1) is 22.8. The summed E-state index contributed by atoms with van der Waals surface area (Å²) in [5, 5.41) is 4.93. The van der Waals surface area contributed by atoms with Gasteiger partial charge in [0.25, 0.3) is 0 Å². The number of H-pyrrole nitrogens is 1. The van der Waals surface area contributed by atoms with Gasteiger partial charge in [0, 0.05) is 29.1 Å². The molecule has 0 aliphatic carbocycles. The lowest BCUT2D eigenvalue weighted by Crippen LogP contribution is -2.06. The van der Waals surface area contributed by atoms with Gasteiger partial charge < -0.3 is 4.98 Å². The molecule has 0 aliphatic rings. The normalized spacial score (nSPS) is 11.5. The Bertz CT molecular complexity index is 1760. The summed E-state index contributed by atoms with van der Waals surface area (Å²) in [5.41, 5.74) is 4.62. The van der Waals surface area contributed by atoms with Crippen LogP contribution in [0.25, 0.3) is 39.3 Å². The standard InChI is InChI=1S/C31H23N3O2S/c35-37(36,28-22-32-21-27(28)23-13-5-1-6-14-23)31-29(24-15-7-2-8-16-24)33-34(26-19-11-4-12-20-26)30(31)25-17-9-3-10-18-25/h1-22,32H. The van der Waals surface area contributed by atoms with Crippen LogP contribution in [-0.4, -0.2) is 23.2 Å². The minimum atomic E-state index is -4.03. The summed E-state index contributed by atoms with van der Waals surface area (Å²) < 4.78 is 31.0. The third-order valence-corrected chi connectivity index (χ3v) is 8.13. The molecular weight excluding hydrogens is 478 g/mol. The first-order chi connectivity index (χ1) is 18.1. The number of hydrogen-bond acceptors (Lipinski definition) is 3. The van der Waals surface area contributed by atoms with Crippen LogP contribution in [0.15, 0.2) is 144 Å². The number of nitrogens with one attached hydrogen (secondary N) is 1. The Morgan fingerprint density at radius 1 is 0.595 bits per heavy atom. The Labute approximate surface area is 215 Å². The Kier molecular flexibility index (Phi) is 5.79. The molecule has 0 saturated carbocycles. The van der Waals surface area contributed by atoms with E-state index in [0.717, 1.165) is 22.4 Å². The second kappa shape index (κ2) is 9.41. The van der Waals surface area contributed by atoms with Gasteiger partial charge in [-0.15, -0.1) is 0 Å². The first-order valence-electron chi connectivity index (χ1n) is 11.9. The molecule has 0 aliphatic heterocycles. The summed E-state index contributed by atoms with van der Waals surface area (Å²) in [6, 6.07) is 38.2. The van der Waals surface area contributed by atoms with Crippen molar-refractivity contribution in [2.75, 3.05) is 0 Å². The van der Waals surface area contributed by atoms with E-state index in [-0.39, 0.29) is 9.79 Å². The number of benzene rings is 4. The molecule has 0 unspecified atom stereocenters. The molecule has 180 valence electrons. The number of hydrogen-bond donors (Lipinski definition) is 1. The molecule has 0 radical (unpaired) electrons. The van der Waals surface area contributed by atoms with Gasteiger partial charge in [-0.1, -0.05) is 109 Å². The van der Waals surface area contributed by atoms with Crippen LogP contribution in [0, 0.1) is 0 Å². The van der Waals surface area contributed by atoms with Crippen molar-refractivity contribution >= 4 is 9.84 Å². The van der Waals surface area contributed by atoms with E-state index < -0.39 is 9.84 Å². The molecule has 6 aromatic rings. The third-order valence-electron chi connectivity index (χ3n) is 6.29. The number of para-hydroxylation sites is 1. The van der Waals surface area contributed by atoms with E-state index >= 15 is 0 Å². The van der Waals surface area contributed by atoms with Gasteiger partial charge in [0.15, 0.2) is 0 Å². The van der Waals surface area contributed by atoms with Crippen LogP contribution in [0.4, 0.5) is 0 Å². The number of nitrogens with zero attached hydrogens (tertiary/aromatic N) is 2. The van der Waals surface area contributed by atoms with Crippen molar-refractivity contribution in [2.45, 2.75) is 9.79 Å². The number of sulfone groups is 1. The average molecular weight is 502 g/mol. The maximum atomic E-state index is 14.6. The fourth-order valence-corrected chi connectivity index (χ4v) is 6.36. The third kappa shape index (κ3) is 4.07. The van der Waals surface area contributed by atoms with E-state index in [1.165, 1.54) is 0 Å². The fourth-order valence-electron chi connectivity index (χ4n) is 4.57. The van der Waals surface area contributed by atoms with Crippen LogP contribution in [-0.2, 0) is 9.84 Å². The molecule has 0 bridgehead atoms. The molecule has 1 N–H and O–H groups in total. The largest absolute Gasteiger partial charge is 0.366 e. The lowest BCUT2D eigenvalue weighted by atomic mass is 10.1. The molecule has 4 aromatic carbocycles. The second-order valence-corrected chi connectivity index (χ2v) is 10.5. The first-order valence-corrected chi connectivity index (χ1v) is 13.4. The van der Waals surface area contributed by atoms with E-state index in [2.05, 4.69) is 4.98 Å². The van der Waals surface area contributed by atoms with E-state index in [4.69, 9.17) is 5.10 Å². The highest BCUT2D eigenvalue weighted by Crippen LogP contribution is 2.42. The van der Waals surface area contributed by atoms with Gasteiger partial charge in [0.2, 0.25) is 9.84 Å². The van der Waals surface area contributed by atoms with Gasteiger partial charge in [-0.2, -0.15) is 5.10 Å². The van der Waals surface area contributed by atoms with E-state index in [9.17, 15) is 8.42 Å². The van der Waals surface area contributed by atoms with Crippen LogP contribution in [0.3, 0.4) is 0 Å². The summed E-state index contributed by atoms with van der Waals surface area (Å²) in [6.07, 6.45) is 3.29. The van der Waals surface area contributed by atoms with Crippen molar-refractivity contribution in [3.05, 3.63) is 134 Å². The molecule has 0 spiro atoms. The molecule has 5 nitrogen and oxygen atoms in total. The number of rotatable bonds is 6. The SMILES string of the molecule is O=S(=O)(c1c[nH]cc1-c1ccccc1)c1c(-c2ccccc2)nn(-c2ccccc2)c1-c1ccccc1. The van der Waals surface area contributed by atoms with Crippen molar-refractivity contribution in [2.24, 2.45) is 0 Å². The molecule has 6 heteroatoms. The highest BCUT2D eigenvalue weighted by molar-refractivity contribution is 7.92. The lowest BCUT2D eigenvalue weighted by molar-refractivity contribution is 0.597. The van der Waals surface area contributed by atoms with Gasteiger partial charge in [-0.3, -0.25) is 0 Å². The quantitative estimate of drug-likeness (QED) is 0.266. The minimum Gasteiger partial charge on any atom is -0.366 e. The summed E-state index contributed by atoms with van der Waals surface area (Å²) in [4.78, 5) is 3.40. The molecule has 0 atom stereocenters. The number of aromatic nitrogens is 3. The molecule has 37 heavy (non-hydrogen) atoms. The summed E-state index contributed by atoms with van der Waals surface area (Å²) in [5.74, 6) is 0. The molecule has 0 fully saturated rings. The fraction of sp³-hybridized carbons (Fsp3) is 0. The molecule has 2 heterocycles. The lowest BCUT2D eigenvalue weighted by Gasteiger charge is -2.12. The topological polar surface area (TPSA) is 67.8 Å². The molecule has 2 aromatic heterocycles. The van der Waals surface area contributed by atoms with E-state index in [1.807, 2.05) is 121 Å². The predicted octanol–water partition coefficient (Wildman–Crippen LogP) is 7.03. The van der Waals surface area contributed by atoms with Crippen molar-refractivity contribution in [1.29, 1.82) is 0 Å². The van der Waals surface area contributed by atoms with Gasteiger partial charge in [-0.25, -0.2) is 13.1 Å². The van der Waals surface area contributed by atoms with E-state index in [0.29, 0.717) is 17.0 Å². The molecule has 0 amide bonds. The van der Waals surface area contributed by atoms with Crippen molar-refractivity contribution in [1.82, 2.24) is 14.8 Å². The Morgan fingerprint density at radius 3 is 1.70 bits per heavy atom. The molecule has 6 rings (SSSR count). The predicted molar refractivity (Wildman–Crippen MR) is 146 cm³/mol. The average Bonchev–Trinajstić information content (AvgIpc) is 3.62. The summed E-state index contributed by atoms with van der Waals surface area (Å²) in [6.45, 7) is 0. The van der Waals surface area contributed by atoms with E-state index in [1.54, 1.807) is 17.1 Å². The maximum absolute atomic E-state index is 14.6. The van der Waals surface area contributed by atoms with Crippen LogP contribution >= 0.6 is 0 Å². The highest BCUT2D eigenvalue weighted by Gasteiger charge is 2.34. The zero-order valence-corrected chi connectivity index (χ0v) is 20.6. The molecular formula is C31H23N3O2S. The zero-order valence-electron chi connectivity index (χ0n) is 19.8. The van der Waals surface area contributed by atoms with Crippen LogP contribution in [0.5, 0.6) is 0 Å². The summed E-state index contributed by atoms with van der Waals surface area (Å²) >= 11 is 0. The van der Waals surface area contributed by atoms with Gasteiger partial charge >= 0.3 is 0 Å². The van der Waals surface area contributed by atoms with Gasteiger partial charge in [0.05, 0.1) is 16.3 Å². The molecule has 0 saturated heterocycles. The Balaban J connectivity index is 1.71. The minimum absolute atomic E-state index is 0.172. The monoisotopic (exact) mass is 501 g/mol. The van der Waals surface area contributed by atoms with Crippen LogP contribution in [0.1, 0.15) is 0 Å². The Morgan fingerprint density at radius 2 is 1.11 bits per heavy atom. The smallest absolute Gasteiger partial charge is 0.213 e. The van der Waals surface area contributed by atoms with Gasteiger partial charge in [0.1, 0.15) is 10.6 Å². The van der Waals surface area contributed by atoms with Crippen molar-refractivity contribution < 1.29 is 8.42 Å².